The average molecular weight is 407 g/mol. The summed E-state index contributed by atoms with van der Waals surface area (Å²) >= 11 is 0. The monoisotopic (exact) mass is 407 g/mol. The summed E-state index contributed by atoms with van der Waals surface area (Å²) in [5.74, 6) is 0.302. The van der Waals surface area contributed by atoms with Crippen LogP contribution in [0.3, 0.4) is 0 Å². The van der Waals surface area contributed by atoms with Gasteiger partial charge >= 0.3 is 0 Å². The van der Waals surface area contributed by atoms with E-state index in [1.165, 1.54) is 0 Å². The normalized spacial score (nSPS) is 22.7. The summed E-state index contributed by atoms with van der Waals surface area (Å²) in [6.45, 7) is 1.56. The van der Waals surface area contributed by atoms with Crippen molar-refractivity contribution in [1.82, 2.24) is 15.5 Å². The SMILES string of the molecule is O=C(NCCOc1ccccc1)[C@@H]1C[C@@]2(CCN(C(=O)c3ccccc3)C2)C(=O)N1. The number of para-hydroxylation sites is 1. The number of benzene rings is 2. The molecule has 156 valence electrons. The summed E-state index contributed by atoms with van der Waals surface area (Å²) in [5, 5.41) is 5.64. The van der Waals surface area contributed by atoms with Gasteiger partial charge < -0.3 is 20.3 Å². The Morgan fingerprint density at radius 3 is 2.53 bits per heavy atom. The lowest BCUT2D eigenvalue weighted by Crippen LogP contribution is -2.43. The Hall–Kier alpha value is -3.35. The van der Waals surface area contributed by atoms with Gasteiger partial charge in [-0.15, -0.1) is 0 Å². The second-order valence-corrected chi connectivity index (χ2v) is 7.81. The number of carbonyl (C=O) groups excluding carboxylic acids is 3. The van der Waals surface area contributed by atoms with Crippen molar-refractivity contribution in [3.05, 3.63) is 66.2 Å². The highest BCUT2D eigenvalue weighted by molar-refractivity contribution is 5.97. The molecular weight excluding hydrogens is 382 g/mol. The molecule has 0 saturated carbocycles. The lowest BCUT2D eigenvalue weighted by molar-refractivity contribution is -0.128. The number of amides is 3. The van der Waals surface area contributed by atoms with Crippen LogP contribution in [-0.4, -0.2) is 54.9 Å². The first-order valence-electron chi connectivity index (χ1n) is 10.2. The maximum Gasteiger partial charge on any atom is 0.253 e. The van der Waals surface area contributed by atoms with Gasteiger partial charge in [-0.3, -0.25) is 14.4 Å². The third-order valence-electron chi connectivity index (χ3n) is 5.77. The minimum atomic E-state index is -0.688. The maximum absolute atomic E-state index is 12.7. The Bertz CT molecular complexity index is 919. The Balaban J connectivity index is 1.28. The molecule has 2 saturated heterocycles. The number of hydrogen-bond donors (Lipinski definition) is 2. The molecule has 1 spiro atoms. The first-order chi connectivity index (χ1) is 14.6. The van der Waals surface area contributed by atoms with Gasteiger partial charge in [-0.25, -0.2) is 0 Å². The van der Waals surface area contributed by atoms with E-state index in [9.17, 15) is 14.4 Å². The molecule has 4 rings (SSSR count). The van der Waals surface area contributed by atoms with Crippen LogP contribution in [0.25, 0.3) is 0 Å². The van der Waals surface area contributed by atoms with Crippen molar-refractivity contribution in [3.63, 3.8) is 0 Å². The van der Waals surface area contributed by atoms with Gasteiger partial charge in [-0.05, 0) is 37.1 Å². The smallest absolute Gasteiger partial charge is 0.253 e. The summed E-state index contributed by atoms with van der Waals surface area (Å²) in [5.41, 5.74) is -0.0758. The molecule has 7 nitrogen and oxygen atoms in total. The molecule has 0 radical (unpaired) electrons. The Morgan fingerprint density at radius 2 is 1.80 bits per heavy atom. The summed E-state index contributed by atoms with van der Waals surface area (Å²) in [4.78, 5) is 39.6. The molecule has 0 aromatic heterocycles. The fourth-order valence-electron chi connectivity index (χ4n) is 4.15. The summed E-state index contributed by atoms with van der Waals surface area (Å²) in [7, 11) is 0. The van der Waals surface area contributed by atoms with Gasteiger partial charge in [-0.1, -0.05) is 36.4 Å². The molecule has 0 aliphatic carbocycles. The number of nitrogens with one attached hydrogen (secondary N) is 2. The number of rotatable bonds is 6. The van der Waals surface area contributed by atoms with Gasteiger partial charge in [-0.2, -0.15) is 0 Å². The largest absolute Gasteiger partial charge is 0.492 e. The van der Waals surface area contributed by atoms with Crippen LogP contribution >= 0.6 is 0 Å². The molecule has 0 unspecified atom stereocenters. The predicted molar refractivity (Wildman–Crippen MR) is 111 cm³/mol. The Morgan fingerprint density at radius 1 is 1.10 bits per heavy atom. The van der Waals surface area contributed by atoms with Crippen molar-refractivity contribution in [2.24, 2.45) is 5.41 Å². The number of likely N-dealkylation sites (tertiary alicyclic amines) is 1. The minimum absolute atomic E-state index is 0.0776. The second kappa shape index (κ2) is 8.57. The topological polar surface area (TPSA) is 87.7 Å². The fraction of sp³-hybridized carbons (Fsp3) is 0.348. The van der Waals surface area contributed by atoms with E-state index in [1.54, 1.807) is 17.0 Å². The summed E-state index contributed by atoms with van der Waals surface area (Å²) in [6.07, 6.45) is 0.966. The van der Waals surface area contributed by atoms with Gasteiger partial charge in [0.05, 0.1) is 12.0 Å². The third-order valence-corrected chi connectivity index (χ3v) is 5.77. The van der Waals surface area contributed by atoms with Gasteiger partial charge in [0.2, 0.25) is 11.8 Å². The molecule has 2 aliphatic heterocycles. The van der Waals surface area contributed by atoms with E-state index < -0.39 is 11.5 Å². The van der Waals surface area contributed by atoms with E-state index in [2.05, 4.69) is 10.6 Å². The maximum atomic E-state index is 12.7. The van der Waals surface area contributed by atoms with Crippen LogP contribution < -0.4 is 15.4 Å². The van der Waals surface area contributed by atoms with Gasteiger partial charge in [0, 0.05) is 18.7 Å². The quantitative estimate of drug-likeness (QED) is 0.712. The van der Waals surface area contributed by atoms with Crippen LogP contribution in [0.2, 0.25) is 0 Å². The van der Waals surface area contributed by atoms with E-state index >= 15 is 0 Å². The molecule has 2 heterocycles. The van der Waals surface area contributed by atoms with Crippen LogP contribution in [0, 0.1) is 5.41 Å². The third kappa shape index (κ3) is 4.15. The Labute approximate surface area is 175 Å². The van der Waals surface area contributed by atoms with E-state index in [0.29, 0.717) is 44.6 Å². The van der Waals surface area contributed by atoms with Crippen LogP contribution in [-0.2, 0) is 9.59 Å². The lowest BCUT2D eigenvalue weighted by Gasteiger charge is -2.21. The number of ether oxygens (including phenoxy) is 1. The first-order valence-corrected chi connectivity index (χ1v) is 10.2. The van der Waals surface area contributed by atoms with Crippen LogP contribution in [0.1, 0.15) is 23.2 Å². The molecule has 2 aliphatic rings. The van der Waals surface area contributed by atoms with Crippen molar-refractivity contribution in [2.45, 2.75) is 18.9 Å². The van der Waals surface area contributed by atoms with Crippen LogP contribution in [0.15, 0.2) is 60.7 Å². The summed E-state index contributed by atoms with van der Waals surface area (Å²) < 4.78 is 5.57. The molecule has 3 amide bonds. The van der Waals surface area contributed by atoms with Crippen LogP contribution in [0.4, 0.5) is 0 Å². The van der Waals surface area contributed by atoms with E-state index in [-0.39, 0.29) is 17.7 Å². The molecule has 2 atom stereocenters. The molecule has 2 aromatic carbocycles. The Kier molecular flexibility index (Phi) is 5.70. The first kappa shape index (κ1) is 19.9. The molecule has 2 N–H and O–H groups in total. The van der Waals surface area contributed by atoms with Gasteiger partial charge in [0.1, 0.15) is 18.4 Å². The molecule has 0 bridgehead atoms. The zero-order valence-electron chi connectivity index (χ0n) is 16.7. The highest BCUT2D eigenvalue weighted by Crippen LogP contribution is 2.40. The lowest BCUT2D eigenvalue weighted by atomic mass is 9.84. The molecule has 2 aromatic rings. The fourth-order valence-corrected chi connectivity index (χ4v) is 4.15. The zero-order chi connectivity index (χ0) is 21.0. The van der Waals surface area contributed by atoms with Crippen molar-refractivity contribution < 1.29 is 19.1 Å². The molecule has 7 heteroatoms. The standard InChI is InChI=1S/C23H25N3O4/c27-20(24-12-14-30-18-9-5-2-6-10-18)19-15-23(22(29)25-19)11-13-26(16-23)21(28)17-7-3-1-4-8-17/h1-10,19H,11-16H2,(H,24,27)(H,25,29)/t19-,23+/m0/s1. The average Bonchev–Trinajstić information content (AvgIpc) is 3.36. The minimum Gasteiger partial charge on any atom is -0.492 e. The number of nitrogens with zero attached hydrogens (tertiary/aromatic N) is 1. The summed E-state index contributed by atoms with van der Waals surface area (Å²) in [6, 6.07) is 17.9. The van der Waals surface area contributed by atoms with Crippen molar-refractivity contribution >= 4 is 17.7 Å². The molecule has 30 heavy (non-hydrogen) atoms. The molecular formula is C23H25N3O4. The second-order valence-electron chi connectivity index (χ2n) is 7.81. The van der Waals surface area contributed by atoms with Crippen LogP contribution in [0.5, 0.6) is 5.75 Å². The van der Waals surface area contributed by atoms with Crippen molar-refractivity contribution in [3.8, 4) is 5.75 Å². The van der Waals surface area contributed by atoms with Gasteiger partial charge in [0.15, 0.2) is 0 Å². The number of hydrogen-bond acceptors (Lipinski definition) is 4. The predicted octanol–water partition coefficient (Wildman–Crippen LogP) is 1.60. The number of carbonyl (C=O) groups is 3. The van der Waals surface area contributed by atoms with E-state index in [0.717, 1.165) is 5.75 Å². The van der Waals surface area contributed by atoms with E-state index in [1.807, 2.05) is 48.5 Å². The van der Waals surface area contributed by atoms with Crippen molar-refractivity contribution in [2.75, 3.05) is 26.2 Å². The highest BCUT2D eigenvalue weighted by Gasteiger charge is 2.53. The van der Waals surface area contributed by atoms with Crippen molar-refractivity contribution in [1.29, 1.82) is 0 Å². The highest BCUT2D eigenvalue weighted by atomic mass is 16.5. The zero-order valence-corrected chi connectivity index (χ0v) is 16.7. The van der Waals surface area contributed by atoms with Gasteiger partial charge in [0.25, 0.3) is 5.91 Å². The molecule has 2 fully saturated rings. The van der Waals surface area contributed by atoms with E-state index in [4.69, 9.17) is 4.74 Å².